The number of hydrogen-bond donors (Lipinski definition) is 1. The molecule has 3 aromatic rings. The molecule has 3 aromatic heterocycles. The van der Waals surface area contributed by atoms with Crippen molar-refractivity contribution in [1.29, 1.82) is 0 Å². The topological polar surface area (TPSA) is 51.9 Å². The van der Waals surface area contributed by atoms with Crippen molar-refractivity contribution in [3.05, 3.63) is 40.6 Å². The van der Waals surface area contributed by atoms with Gasteiger partial charge in [-0.1, -0.05) is 11.6 Å². The SMILES string of the molecule is CCn1c(C(=O)NCCn2cc(Cl)cn2)cc2sccc21. The standard InChI is InChI=1S/C14H15ClN4OS/c1-2-19-11-3-6-21-13(11)7-12(19)14(20)16-4-5-18-9-10(15)8-17-18/h3,6-9H,2,4-5H2,1H3,(H,16,20). The molecular formula is C14H15ClN4OS. The van der Waals surface area contributed by atoms with Crippen LogP contribution in [-0.4, -0.2) is 26.8 Å². The normalized spacial score (nSPS) is 11.1. The first-order valence-corrected chi connectivity index (χ1v) is 7.97. The third-order valence-corrected chi connectivity index (χ3v) is 4.35. The third-order valence-electron chi connectivity index (χ3n) is 3.30. The van der Waals surface area contributed by atoms with E-state index in [0.29, 0.717) is 23.8 Å². The van der Waals surface area contributed by atoms with Crippen LogP contribution < -0.4 is 5.32 Å². The third kappa shape index (κ3) is 2.82. The highest BCUT2D eigenvalue weighted by Crippen LogP contribution is 2.25. The molecule has 0 radical (unpaired) electrons. The van der Waals surface area contributed by atoms with Crippen molar-refractivity contribution >= 4 is 39.1 Å². The number of thiophene rings is 1. The number of hydrogen-bond acceptors (Lipinski definition) is 3. The van der Waals surface area contributed by atoms with Gasteiger partial charge in [0.15, 0.2) is 0 Å². The molecule has 5 nitrogen and oxygen atoms in total. The van der Waals surface area contributed by atoms with Crippen LogP contribution in [0.3, 0.4) is 0 Å². The highest BCUT2D eigenvalue weighted by atomic mass is 35.5. The minimum atomic E-state index is -0.0569. The zero-order valence-electron chi connectivity index (χ0n) is 11.5. The van der Waals surface area contributed by atoms with Crippen molar-refractivity contribution in [1.82, 2.24) is 19.7 Å². The number of aromatic nitrogens is 3. The maximum Gasteiger partial charge on any atom is 0.268 e. The van der Waals surface area contributed by atoms with Crippen molar-refractivity contribution in [3.63, 3.8) is 0 Å². The maximum absolute atomic E-state index is 12.3. The molecule has 0 saturated heterocycles. The molecular weight excluding hydrogens is 308 g/mol. The molecule has 0 unspecified atom stereocenters. The number of halogens is 1. The molecule has 21 heavy (non-hydrogen) atoms. The fraction of sp³-hybridized carbons (Fsp3) is 0.286. The van der Waals surface area contributed by atoms with Crippen LogP contribution in [0.1, 0.15) is 17.4 Å². The number of carbonyl (C=O) groups is 1. The molecule has 1 amide bonds. The summed E-state index contributed by atoms with van der Waals surface area (Å²) in [6.07, 6.45) is 3.32. The quantitative estimate of drug-likeness (QED) is 0.785. The largest absolute Gasteiger partial charge is 0.349 e. The van der Waals surface area contributed by atoms with E-state index in [1.807, 2.05) is 29.0 Å². The lowest BCUT2D eigenvalue weighted by molar-refractivity contribution is 0.0943. The van der Waals surface area contributed by atoms with Gasteiger partial charge in [0.2, 0.25) is 0 Å². The van der Waals surface area contributed by atoms with E-state index in [0.717, 1.165) is 16.8 Å². The lowest BCUT2D eigenvalue weighted by Crippen LogP contribution is -2.29. The van der Waals surface area contributed by atoms with Crippen molar-refractivity contribution in [2.75, 3.05) is 6.54 Å². The Morgan fingerprint density at radius 2 is 2.38 bits per heavy atom. The number of carbonyl (C=O) groups excluding carboxylic acids is 1. The van der Waals surface area contributed by atoms with Gasteiger partial charge in [0.1, 0.15) is 5.69 Å². The van der Waals surface area contributed by atoms with Gasteiger partial charge in [0.25, 0.3) is 5.91 Å². The van der Waals surface area contributed by atoms with Crippen LogP contribution in [0, 0.1) is 0 Å². The molecule has 0 aliphatic rings. The molecule has 0 spiro atoms. The van der Waals surface area contributed by atoms with Crippen LogP contribution in [0.25, 0.3) is 10.2 Å². The first-order chi connectivity index (χ1) is 10.2. The molecule has 0 bridgehead atoms. The Bertz CT molecular complexity index is 773. The summed E-state index contributed by atoms with van der Waals surface area (Å²) in [5, 5.41) is 9.64. The van der Waals surface area contributed by atoms with Crippen LogP contribution in [0.5, 0.6) is 0 Å². The van der Waals surface area contributed by atoms with E-state index in [1.165, 1.54) is 0 Å². The van der Waals surface area contributed by atoms with Crippen molar-refractivity contribution in [2.45, 2.75) is 20.0 Å². The number of nitrogens with one attached hydrogen (secondary N) is 1. The average molecular weight is 323 g/mol. The van der Waals surface area contributed by atoms with Crippen LogP contribution in [-0.2, 0) is 13.1 Å². The van der Waals surface area contributed by atoms with Gasteiger partial charge in [0, 0.05) is 19.3 Å². The Hall–Kier alpha value is -1.79. The predicted octanol–water partition coefficient (Wildman–Crippen LogP) is 3.00. The number of nitrogens with zero attached hydrogens (tertiary/aromatic N) is 3. The summed E-state index contributed by atoms with van der Waals surface area (Å²) in [6, 6.07) is 4.00. The lowest BCUT2D eigenvalue weighted by Gasteiger charge is -2.08. The second-order valence-corrected chi connectivity index (χ2v) is 6.01. The molecule has 3 heterocycles. The molecule has 0 aliphatic heterocycles. The fourth-order valence-electron chi connectivity index (χ4n) is 2.34. The smallest absolute Gasteiger partial charge is 0.268 e. The summed E-state index contributed by atoms with van der Waals surface area (Å²) < 4.78 is 4.88. The number of rotatable bonds is 5. The van der Waals surface area contributed by atoms with E-state index in [9.17, 15) is 4.79 Å². The maximum atomic E-state index is 12.3. The second-order valence-electron chi connectivity index (χ2n) is 4.62. The van der Waals surface area contributed by atoms with E-state index in [4.69, 9.17) is 11.6 Å². The predicted molar refractivity (Wildman–Crippen MR) is 85.1 cm³/mol. The Kier molecular flexibility index (Phi) is 3.98. The van der Waals surface area contributed by atoms with E-state index in [1.54, 1.807) is 28.4 Å². The van der Waals surface area contributed by atoms with E-state index < -0.39 is 0 Å². The van der Waals surface area contributed by atoms with Crippen molar-refractivity contribution < 1.29 is 4.79 Å². The first kappa shape index (κ1) is 14.2. The van der Waals surface area contributed by atoms with Gasteiger partial charge in [-0.3, -0.25) is 9.48 Å². The summed E-state index contributed by atoms with van der Waals surface area (Å²) >= 11 is 7.45. The molecule has 7 heteroatoms. The van der Waals surface area contributed by atoms with Crippen LogP contribution in [0.15, 0.2) is 29.9 Å². The molecule has 0 aromatic carbocycles. The fourth-order valence-corrected chi connectivity index (χ4v) is 3.32. The zero-order chi connectivity index (χ0) is 14.8. The lowest BCUT2D eigenvalue weighted by atomic mass is 10.4. The molecule has 110 valence electrons. The first-order valence-electron chi connectivity index (χ1n) is 6.72. The monoisotopic (exact) mass is 322 g/mol. The summed E-state index contributed by atoms with van der Waals surface area (Å²) in [7, 11) is 0. The highest BCUT2D eigenvalue weighted by molar-refractivity contribution is 7.17. The van der Waals surface area contributed by atoms with Crippen LogP contribution in [0.4, 0.5) is 0 Å². The van der Waals surface area contributed by atoms with Crippen molar-refractivity contribution in [2.24, 2.45) is 0 Å². The highest BCUT2D eigenvalue weighted by Gasteiger charge is 2.14. The Labute approximate surface area is 131 Å². The summed E-state index contributed by atoms with van der Waals surface area (Å²) in [5.74, 6) is -0.0569. The van der Waals surface area contributed by atoms with E-state index in [-0.39, 0.29) is 5.91 Å². The molecule has 0 atom stereocenters. The summed E-state index contributed by atoms with van der Waals surface area (Å²) in [5.41, 5.74) is 1.82. The average Bonchev–Trinajstić information content (AvgIpc) is 3.13. The van der Waals surface area contributed by atoms with E-state index in [2.05, 4.69) is 10.4 Å². The van der Waals surface area contributed by atoms with Crippen LogP contribution >= 0.6 is 22.9 Å². The molecule has 3 rings (SSSR count). The van der Waals surface area contributed by atoms with Gasteiger partial charge in [-0.15, -0.1) is 11.3 Å². The number of fused-ring (bicyclic) bond motifs is 1. The summed E-state index contributed by atoms with van der Waals surface area (Å²) in [4.78, 5) is 12.3. The minimum Gasteiger partial charge on any atom is -0.349 e. The number of aryl methyl sites for hydroxylation is 1. The molecule has 0 fully saturated rings. The zero-order valence-corrected chi connectivity index (χ0v) is 13.1. The molecule has 0 saturated carbocycles. The molecule has 0 aliphatic carbocycles. The van der Waals surface area contributed by atoms with Crippen molar-refractivity contribution in [3.8, 4) is 0 Å². The van der Waals surface area contributed by atoms with Gasteiger partial charge in [-0.2, -0.15) is 5.10 Å². The van der Waals surface area contributed by atoms with Gasteiger partial charge in [0.05, 0.1) is 28.0 Å². The Morgan fingerprint density at radius 3 is 3.10 bits per heavy atom. The molecule has 1 N–H and O–H groups in total. The van der Waals surface area contributed by atoms with Gasteiger partial charge in [-0.25, -0.2) is 0 Å². The van der Waals surface area contributed by atoms with Crippen LogP contribution in [0.2, 0.25) is 5.02 Å². The van der Waals surface area contributed by atoms with Gasteiger partial charge < -0.3 is 9.88 Å². The Morgan fingerprint density at radius 1 is 1.52 bits per heavy atom. The second kappa shape index (κ2) is 5.91. The Balaban J connectivity index is 1.67. The van der Waals surface area contributed by atoms with Gasteiger partial charge >= 0.3 is 0 Å². The summed E-state index contributed by atoms with van der Waals surface area (Å²) in [6.45, 7) is 3.93. The van der Waals surface area contributed by atoms with E-state index >= 15 is 0 Å². The minimum absolute atomic E-state index is 0.0569. The van der Waals surface area contributed by atoms with Gasteiger partial charge in [-0.05, 0) is 24.4 Å². The number of amides is 1.